The van der Waals surface area contributed by atoms with Crippen molar-refractivity contribution < 1.29 is 14.4 Å². The van der Waals surface area contributed by atoms with Gasteiger partial charge in [-0.3, -0.25) is 19.3 Å². The van der Waals surface area contributed by atoms with Crippen LogP contribution in [0.15, 0.2) is 24.3 Å². The Bertz CT molecular complexity index is 651. The predicted molar refractivity (Wildman–Crippen MR) is 116 cm³/mol. The quantitative estimate of drug-likeness (QED) is 0.323. The first-order valence-corrected chi connectivity index (χ1v) is 11.3. The molecule has 1 aliphatic heterocycles. The van der Waals surface area contributed by atoms with E-state index in [1.165, 1.54) is 57.8 Å². The molecule has 0 saturated heterocycles. The molecule has 5 heteroatoms. The van der Waals surface area contributed by atoms with Gasteiger partial charge in [0.15, 0.2) is 0 Å². The van der Waals surface area contributed by atoms with Gasteiger partial charge in [-0.1, -0.05) is 96.1 Å². The van der Waals surface area contributed by atoms with Gasteiger partial charge in [-0.2, -0.15) is 0 Å². The standard InChI is InChI=1S/C24H36N2O3/c1-2-3-4-5-6-7-8-9-10-11-12-13-18-21(22(25)27)26-23(28)19-16-14-15-17-20(19)24(26)29/h14-17,21H,2-13,18H2,1H3,(H2,25,27). The van der Waals surface area contributed by atoms with E-state index in [9.17, 15) is 14.4 Å². The normalized spacial score (nSPS) is 14.3. The van der Waals surface area contributed by atoms with Crippen LogP contribution >= 0.6 is 0 Å². The van der Waals surface area contributed by atoms with Gasteiger partial charge in [0.25, 0.3) is 11.8 Å². The number of primary amides is 1. The average Bonchev–Trinajstić information content (AvgIpc) is 2.96. The van der Waals surface area contributed by atoms with E-state index < -0.39 is 23.8 Å². The molecule has 1 aromatic carbocycles. The molecule has 1 aliphatic rings. The summed E-state index contributed by atoms with van der Waals surface area (Å²) >= 11 is 0. The lowest BCUT2D eigenvalue weighted by molar-refractivity contribution is -0.122. The molecule has 0 aromatic heterocycles. The van der Waals surface area contributed by atoms with E-state index in [0.717, 1.165) is 24.2 Å². The summed E-state index contributed by atoms with van der Waals surface area (Å²) in [6, 6.07) is 5.83. The first-order valence-electron chi connectivity index (χ1n) is 11.3. The van der Waals surface area contributed by atoms with Gasteiger partial charge in [0.2, 0.25) is 5.91 Å². The largest absolute Gasteiger partial charge is 0.368 e. The molecular formula is C24H36N2O3. The Morgan fingerprint density at radius 1 is 0.793 bits per heavy atom. The van der Waals surface area contributed by atoms with Gasteiger partial charge < -0.3 is 5.73 Å². The van der Waals surface area contributed by atoms with Gasteiger partial charge in [-0.25, -0.2) is 0 Å². The molecule has 0 aliphatic carbocycles. The Hall–Kier alpha value is -2.17. The van der Waals surface area contributed by atoms with Crippen molar-refractivity contribution in [2.75, 3.05) is 0 Å². The Morgan fingerprint density at radius 2 is 1.21 bits per heavy atom. The second-order valence-electron chi connectivity index (χ2n) is 8.12. The molecule has 3 amide bonds. The maximum absolute atomic E-state index is 12.6. The highest BCUT2D eigenvalue weighted by Crippen LogP contribution is 2.26. The lowest BCUT2D eigenvalue weighted by atomic mass is 10.0. The van der Waals surface area contributed by atoms with E-state index in [2.05, 4.69) is 6.92 Å². The molecule has 0 saturated carbocycles. The lowest BCUT2D eigenvalue weighted by Gasteiger charge is -2.23. The topological polar surface area (TPSA) is 80.5 Å². The van der Waals surface area contributed by atoms with Crippen molar-refractivity contribution in [2.45, 2.75) is 96.4 Å². The number of imide groups is 1. The molecule has 0 fully saturated rings. The third-order valence-corrected chi connectivity index (χ3v) is 5.80. The number of carbonyl (C=O) groups excluding carboxylic acids is 3. The molecule has 1 atom stereocenters. The van der Waals surface area contributed by atoms with Crippen LogP contribution in [0.3, 0.4) is 0 Å². The number of nitrogens with zero attached hydrogens (tertiary/aromatic N) is 1. The molecule has 1 unspecified atom stereocenters. The number of nitrogens with two attached hydrogens (primary N) is 1. The third-order valence-electron chi connectivity index (χ3n) is 5.80. The number of fused-ring (bicyclic) bond motifs is 1. The van der Waals surface area contributed by atoms with E-state index in [1.54, 1.807) is 24.3 Å². The van der Waals surface area contributed by atoms with Crippen LogP contribution in [0.5, 0.6) is 0 Å². The monoisotopic (exact) mass is 400 g/mol. The summed E-state index contributed by atoms with van der Waals surface area (Å²) in [7, 11) is 0. The third kappa shape index (κ3) is 6.69. The van der Waals surface area contributed by atoms with Gasteiger partial charge >= 0.3 is 0 Å². The smallest absolute Gasteiger partial charge is 0.262 e. The fourth-order valence-corrected chi connectivity index (χ4v) is 4.07. The van der Waals surface area contributed by atoms with Crippen molar-refractivity contribution in [1.29, 1.82) is 0 Å². The zero-order valence-corrected chi connectivity index (χ0v) is 17.8. The van der Waals surface area contributed by atoms with Crippen LogP contribution in [0.4, 0.5) is 0 Å². The number of hydrogen-bond donors (Lipinski definition) is 1. The van der Waals surface area contributed by atoms with Crippen molar-refractivity contribution in [2.24, 2.45) is 5.73 Å². The summed E-state index contributed by atoms with van der Waals surface area (Å²) < 4.78 is 0. The molecule has 5 nitrogen and oxygen atoms in total. The fourth-order valence-electron chi connectivity index (χ4n) is 4.07. The van der Waals surface area contributed by atoms with Crippen molar-refractivity contribution in [3.8, 4) is 0 Å². The van der Waals surface area contributed by atoms with Crippen molar-refractivity contribution in [3.63, 3.8) is 0 Å². The van der Waals surface area contributed by atoms with Gasteiger partial charge in [-0.15, -0.1) is 0 Å². The second-order valence-corrected chi connectivity index (χ2v) is 8.12. The number of unbranched alkanes of at least 4 members (excludes halogenated alkanes) is 11. The van der Waals surface area contributed by atoms with Crippen LogP contribution in [0.1, 0.15) is 111 Å². The van der Waals surface area contributed by atoms with Crippen LogP contribution in [0.2, 0.25) is 0 Å². The summed E-state index contributed by atoms with van der Waals surface area (Å²) in [5.41, 5.74) is 6.25. The van der Waals surface area contributed by atoms with Gasteiger partial charge in [0.1, 0.15) is 6.04 Å². The van der Waals surface area contributed by atoms with E-state index in [1.807, 2.05) is 0 Å². The van der Waals surface area contributed by atoms with E-state index in [4.69, 9.17) is 5.73 Å². The molecule has 160 valence electrons. The molecule has 1 aromatic rings. The molecule has 0 radical (unpaired) electrons. The molecule has 2 rings (SSSR count). The van der Waals surface area contributed by atoms with Crippen LogP contribution in [-0.4, -0.2) is 28.7 Å². The fraction of sp³-hybridized carbons (Fsp3) is 0.625. The lowest BCUT2D eigenvalue weighted by Crippen LogP contribution is -2.47. The Morgan fingerprint density at radius 3 is 1.62 bits per heavy atom. The van der Waals surface area contributed by atoms with Crippen molar-refractivity contribution in [3.05, 3.63) is 35.4 Å². The Balaban J connectivity index is 1.65. The molecule has 29 heavy (non-hydrogen) atoms. The van der Waals surface area contributed by atoms with Crippen LogP contribution in [0.25, 0.3) is 0 Å². The summed E-state index contributed by atoms with van der Waals surface area (Å²) in [6.45, 7) is 2.24. The highest BCUT2D eigenvalue weighted by Gasteiger charge is 2.41. The molecule has 1 heterocycles. The Labute approximate surface area is 175 Å². The zero-order chi connectivity index (χ0) is 21.1. The zero-order valence-electron chi connectivity index (χ0n) is 17.8. The van der Waals surface area contributed by atoms with Crippen LogP contribution in [0, 0.1) is 0 Å². The number of amides is 3. The van der Waals surface area contributed by atoms with E-state index >= 15 is 0 Å². The molecule has 0 bridgehead atoms. The number of rotatable bonds is 15. The van der Waals surface area contributed by atoms with Gasteiger partial charge in [-0.05, 0) is 18.6 Å². The molecule has 2 N–H and O–H groups in total. The summed E-state index contributed by atoms with van der Waals surface area (Å²) in [6.07, 6.45) is 15.1. The predicted octanol–water partition coefficient (Wildman–Crippen LogP) is 5.23. The maximum atomic E-state index is 12.6. The molecule has 0 spiro atoms. The minimum absolute atomic E-state index is 0.360. The Kier molecular flexibility index (Phi) is 9.89. The number of carbonyl (C=O) groups is 3. The second kappa shape index (κ2) is 12.4. The number of benzene rings is 1. The minimum Gasteiger partial charge on any atom is -0.368 e. The van der Waals surface area contributed by atoms with Gasteiger partial charge in [0, 0.05) is 0 Å². The van der Waals surface area contributed by atoms with E-state index in [-0.39, 0.29) is 0 Å². The first kappa shape index (κ1) is 23.1. The first-order chi connectivity index (χ1) is 14.1. The summed E-state index contributed by atoms with van der Waals surface area (Å²) in [5.74, 6) is -1.43. The van der Waals surface area contributed by atoms with Gasteiger partial charge in [0.05, 0.1) is 11.1 Å². The van der Waals surface area contributed by atoms with Crippen molar-refractivity contribution >= 4 is 17.7 Å². The summed E-state index contributed by atoms with van der Waals surface area (Å²) in [4.78, 5) is 38.1. The average molecular weight is 401 g/mol. The SMILES string of the molecule is CCCCCCCCCCCCCCC(C(N)=O)N1C(=O)c2ccccc2C1=O. The highest BCUT2D eigenvalue weighted by atomic mass is 16.2. The maximum Gasteiger partial charge on any atom is 0.262 e. The van der Waals surface area contributed by atoms with Crippen molar-refractivity contribution in [1.82, 2.24) is 4.90 Å². The molecular weight excluding hydrogens is 364 g/mol. The van der Waals surface area contributed by atoms with Crippen LogP contribution in [-0.2, 0) is 4.79 Å². The van der Waals surface area contributed by atoms with E-state index in [0.29, 0.717) is 17.5 Å². The number of hydrogen-bond acceptors (Lipinski definition) is 3. The minimum atomic E-state index is -0.856. The van der Waals surface area contributed by atoms with Crippen LogP contribution < -0.4 is 5.73 Å². The summed E-state index contributed by atoms with van der Waals surface area (Å²) in [5, 5.41) is 0. The highest BCUT2D eigenvalue weighted by molar-refractivity contribution is 6.22.